The van der Waals surface area contributed by atoms with Gasteiger partial charge >= 0.3 is 0 Å². The van der Waals surface area contributed by atoms with Gasteiger partial charge in [0.2, 0.25) is 15.9 Å². The summed E-state index contributed by atoms with van der Waals surface area (Å²) in [5.74, 6) is 0.411. The lowest BCUT2D eigenvalue weighted by molar-refractivity contribution is -0.129. The molecule has 0 unspecified atom stereocenters. The zero-order valence-electron chi connectivity index (χ0n) is 15.7. The van der Waals surface area contributed by atoms with Crippen molar-refractivity contribution in [3.63, 3.8) is 0 Å². The second-order valence-electron chi connectivity index (χ2n) is 6.93. The van der Waals surface area contributed by atoms with Gasteiger partial charge < -0.3 is 9.64 Å². The van der Waals surface area contributed by atoms with Crippen molar-refractivity contribution in [1.29, 1.82) is 0 Å². The van der Waals surface area contributed by atoms with Crippen LogP contribution in [-0.4, -0.2) is 73.7 Å². The molecule has 9 heteroatoms. The monoisotopic (exact) mass is 413 g/mol. The highest BCUT2D eigenvalue weighted by molar-refractivity contribution is 7.99. The third kappa shape index (κ3) is 5.22. The number of carbonyl (C=O) groups is 1. The number of carbonyl (C=O) groups excluding carboxylic acids is 1. The summed E-state index contributed by atoms with van der Waals surface area (Å²) in [5.41, 5.74) is 0. The van der Waals surface area contributed by atoms with Crippen molar-refractivity contribution in [1.82, 2.24) is 14.2 Å². The van der Waals surface area contributed by atoms with Gasteiger partial charge in [0.25, 0.3) is 0 Å². The van der Waals surface area contributed by atoms with Gasteiger partial charge in [0.1, 0.15) is 4.90 Å². The zero-order chi connectivity index (χ0) is 19.3. The molecular formula is C18H27N3O4S2. The molecule has 1 amide bonds. The predicted molar refractivity (Wildman–Crippen MR) is 104 cm³/mol. The molecule has 0 aromatic carbocycles. The third-order valence-electron chi connectivity index (χ3n) is 5.18. The molecular weight excluding hydrogens is 386 g/mol. The van der Waals surface area contributed by atoms with Crippen molar-refractivity contribution in [3.8, 4) is 0 Å². The number of amides is 1. The van der Waals surface area contributed by atoms with Gasteiger partial charge in [0.15, 0.2) is 0 Å². The molecule has 2 heterocycles. The van der Waals surface area contributed by atoms with Crippen LogP contribution in [0, 0.1) is 0 Å². The number of morpholine rings is 1. The quantitative estimate of drug-likeness (QED) is 0.664. The second kappa shape index (κ2) is 9.36. The van der Waals surface area contributed by atoms with E-state index in [1.54, 1.807) is 12.1 Å². The van der Waals surface area contributed by atoms with E-state index >= 15 is 0 Å². The van der Waals surface area contributed by atoms with Gasteiger partial charge in [-0.3, -0.25) is 4.79 Å². The van der Waals surface area contributed by atoms with E-state index in [-0.39, 0.29) is 10.8 Å². The number of hydrogen-bond acceptors (Lipinski definition) is 6. The molecule has 0 bridgehead atoms. The van der Waals surface area contributed by atoms with Crippen molar-refractivity contribution in [2.45, 2.75) is 48.1 Å². The molecule has 1 saturated heterocycles. The highest BCUT2D eigenvalue weighted by atomic mass is 32.2. The average molecular weight is 414 g/mol. The Morgan fingerprint density at radius 2 is 1.96 bits per heavy atom. The fourth-order valence-corrected chi connectivity index (χ4v) is 5.57. The van der Waals surface area contributed by atoms with Crippen LogP contribution in [0.4, 0.5) is 0 Å². The van der Waals surface area contributed by atoms with Gasteiger partial charge in [0.05, 0.1) is 24.0 Å². The Labute approximate surface area is 165 Å². The minimum Gasteiger partial charge on any atom is -0.379 e. The van der Waals surface area contributed by atoms with Gasteiger partial charge in [-0.25, -0.2) is 13.4 Å². The molecule has 1 saturated carbocycles. The van der Waals surface area contributed by atoms with Gasteiger partial charge in [0, 0.05) is 32.4 Å². The number of pyridine rings is 1. The topological polar surface area (TPSA) is 79.8 Å². The summed E-state index contributed by atoms with van der Waals surface area (Å²) in [6, 6.07) is 3.59. The summed E-state index contributed by atoms with van der Waals surface area (Å²) >= 11 is 1.35. The van der Waals surface area contributed by atoms with E-state index in [0.717, 1.165) is 12.8 Å². The van der Waals surface area contributed by atoms with Crippen LogP contribution in [0.5, 0.6) is 0 Å². The highest BCUT2D eigenvalue weighted by Gasteiger charge is 2.27. The van der Waals surface area contributed by atoms with Crippen LogP contribution < -0.4 is 0 Å². The van der Waals surface area contributed by atoms with Gasteiger partial charge in [-0.2, -0.15) is 4.31 Å². The van der Waals surface area contributed by atoms with Crippen LogP contribution in [0.3, 0.4) is 0 Å². The minimum atomic E-state index is -3.53. The van der Waals surface area contributed by atoms with Crippen molar-refractivity contribution in [2.75, 3.05) is 39.1 Å². The summed E-state index contributed by atoms with van der Waals surface area (Å²) in [4.78, 5) is 18.7. The molecule has 2 aliphatic rings. The summed E-state index contributed by atoms with van der Waals surface area (Å²) in [6.45, 7) is 1.55. The first-order chi connectivity index (χ1) is 13.0. The van der Waals surface area contributed by atoms with Gasteiger partial charge in [-0.1, -0.05) is 31.0 Å². The van der Waals surface area contributed by atoms with E-state index in [9.17, 15) is 13.2 Å². The van der Waals surface area contributed by atoms with Crippen molar-refractivity contribution in [2.24, 2.45) is 0 Å². The van der Waals surface area contributed by atoms with Crippen LogP contribution in [-0.2, 0) is 19.6 Å². The van der Waals surface area contributed by atoms with Crippen LogP contribution in [0.15, 0.2) is 28.3 Å². The Hall–Kier alpha value is -1.16. The molecule has 1 aromatic heterocycles. The predicted octanol–water partition coefficient (Wildman–Crippen LogP) is 1.99. The molecule has 150 valence electrons. The Morgan fingerprint density at radius 3 is 2.59 bits per heavy atom. The molecule has 0 N–H and O–H groups in total. The van der Waals surface area contributed by atoms with E-state index in [0.29, 0.717) is 43.1 Å². The first kappa shape index (κ1) is 20.6. The number of rotatable bonds is 6. The fourth-order valence-electron chi connectivity index (χ4n) is 3.45. The number of nitrogens with zero attached hydrogens (tertiary/aromatic N) is 3. The molecule has 2 fully saturated rings. The molecule has 0 atom stereocenters. The number of sulfonamides is 1. The maximum atomic E-state index is 12.6. The summed E-state index contributed by atoms with van der Waals surface area (Å²) in [5, 5.41) is 0.654. The lowest BCUT2D eigenvalue weighted by Gasteiger charge is -2.31. The summed E-state index contributed by atoms with van der Waals surface area (Å²) in [6.07, 6.45) is 7.18. The molecule has 1 aromatic rings. The smallest absolute Gasteiger partial charge is 0.244 e. The van der Waals surface area contributed by atoms with E-state index < -0.39 is 10.0 Å². The molecule has 7 nitrogen and oxygen atoms in total. The van der Waals surface area contributed by atoms with Crippen LogP contribution in [0.1, 0.15) is 32.1 Å². The van der Waals surface area contributed by atoms with Gasteiger partial charge in [-0.15, -0.1) is 0 Å². The molecule has 27 heavy (non-hydrogen) atoms. The maximum Gasteiger partial charge on any atom is 0.244 e. The van der Waals surface area contributed by atoms with Crippen molar-refractivity contribution < 1.29 is 17.9 Å². The number of ether oxygens (including phenoxy) is 1. The number of thioether (sulfide) groups is 1. The summed E-state index contributed by atoms with van der Waals surface area (Å²) in [7, 11) is -1.65. The van der Waals surface area contributed by atoms with Gasteiger partial charge in [-0.05, 0) is 25.0 Å². The molecule has 1 aliphatic heterocycles. The minimum absolute atomic E-state index is 0.0960. The maximum absolute atomic E-state index is 12.6. The summed E-state index contributed by atoms with van der Waals surface area (Å²) < 4.78 is 31.8. The second-order valence-corrected chi connectivity index (χ2v) is 9.87. The standard InChI is InChI=1S/C18H27N3O4S2/c1-20(15-5-3-2-4-6-15)18(22)14-26-17-8-7-16(13-19-17)27(23,24)21-9-11-25-12-10-21/h7-8,13,15H,2-6,9-12,14H2,1H3. The highest BCUT2D eigenvalue weighted by Crippen LogP contribution is 2.24. The van der Waals surface area contributed by atoms with Crippen molar-refractivity contribution in [3.05, 3.63) is 18.3 Å². The Kier molecular flexibility index (Phi) is 7.13. The van der Waals surface area contributed by atoms with E-state index in [1.165, 1.54) is 41.5 Å². The van der Waals surface area contributed by atoms with Crippen LogP contribution >= 0.6 is 11.8 Å². The average Bonchev–Trinajstić information content (AvgIpc) is 2.73. The molecule has 0 radical (unpaired) electrons. The molecule has 1 aliphatic carbocycles. The third-order valence-corrected chi connectivity index (χ3v) is 7.99. The number of aromatic nitrogens is 1. The van der Waals surface area contributed by atoms with E-state index in [1.807, 2.05) is 11.9 Å². The molecule has 0 spiro atoms. The number of hydrogen-bond donors (Lipinski definition) is 0. The first-order valence-corrected chi connectivity index (χ1v) is 11.8. The van der Waals surface area contributed by atoms with E-state index in [2.05, 4.69) is 4.98 Å². The Morgan fingerprint density at radius 1 is 1.26 bits per heavy atom. The lowest BCUT2D eigenvalue weighted by Crippen LogP contribution is -2.40. The van der Waals surface area contributed by atoms with E-state index in [4.69, 9.17) is 4.74 Å². The van der Waals surface area contributed by atoms with Crippen LogP contribution in [0.2, 0.25) is 0 Å². The Bertz CT molecular complexity index is 727. The largest absolute Gasteiger partial charge is 0.379 e. The van der Waals surface area contributed by atoms with Crippen molar-refractivity contribution >= 4 is 27.7 Å². The zero-order valence-corrected chi connectivity index (χ0v) is 17.3. The lowest BCUT2D eigenvalue weighted by atomic mass is 9.94. The Balaban J connectivity index is 1.55. The molecule has 3 rings (SSSR count). The SMILES string of the molecule is CN(C(=O)CSc1ccc(S(=O)(=O)N2CCOCC2)cn1)C1CCCCC1. The first-order valence-electron chi connectivity index (χ1n) is 9.41. The van der Waals surface area contributed by atoms with Crippen LogP contribution in [0.25, 0.3) is 0 Å². The fraction of sp³-hybridized carbons (Fsp3) is 0.667. The normalized spacial score (nSPS) is 19.7.